The van der Waals surface area contributed by atoms with Crippen molar-refractivity contribution < 1.29 is 9.42 Å². The number of carbonyl (C=O) groups is 1. The van der Waals surface area contributed by atoms with Gasteiger partial charge in [-0.2, -0.15) is 0 Å². The molecule has 0 bridgehead atoms. The number of carbonyl (C=O) groups excluding carboxylic acids is 1. The van der Waals surface area contributed by atoms with Crippen LogP contribution in [0.2, 0.25) is 0 Å². The second-order valence-corrected chi connectivity index (χ2v) is 1.90. The number of hydrogen-bond acceptors (Lipinski definition) is 3. The molecular weight excluding hydrogens is 149 g/mol. The van der Waals surface area contributed by atoms with Gasteiger partial charge in [0.2, 0.25) is 0 Å². The predicted molar refractivity (Wildman–Crippen MR) is 41.5 cm³/mol. The van der Waals surface area contributed by atoms with Crippen LogP contribution in [0, 0.1) is 0 Å². The Labute approximate surface area is 60.7 Å². The molecule has 0 aliphatic heterocycles. The van der Waals surface area contributed by atoms with E-state index in [4.69, 9.17) is 0 Å². The minimum absolute atomic E-state index is 0.0253. The van der Waals surface area contributed by atoms with Gasteiger partial charge in [0, 0.05) is 0 Å². The maximum atomic E-state index is 10.5. The zero-order valence-corrected chi connectivity index (χ0v) is 6.31. The molecule has 0 saturated carbocycles. The maximum absolute atomic E-state index is 10.5. The number of hydrogen-bond donors (Lipinski definition) is 0. The molecule has 52 valence electrons. The second-order valence-electron chi connectivity index (χ2n) is 1.69. The fourth-order valence-electron chi connectivity index (χ4n) is 0.568. The Bertz CT molecular complexity index is 212. The van der Waals surface area contributed by atoms with Crippen LogP contribution < -0.4 is 0 Å². The van der Waals surface area contributed by atoms with Gasteiger partial charge >= 0.3 is 0 Å². The SMILES string of the molecule is O=C1C=CC(=NOP)C=C1. The van der Waals surface area contributed by atoms with Gasteiger partial charge in [-0.05, 0) is 24.3 Å². The summed E-state index contributed by atoms with van der Waals surface area (Å²) in [6.45, 7) is 0. The van der Waals surface area contributed by atoms with Crippen molar-refractivity contribution >= 4 is 21.0 Å². The van der Waals surface area contributed by atoms with Gasteiger partial charge in [0.05, 0.1) is 9.47 Å². The first-order valence-corrected chi connectivity index (χ1v) is 3.14. The third-order valence-corrected chi connectivity index (χ3v) is 1.10. The van der Waals surface area contributed by atoms with Crippen LogP contribution in [0.25, 0.3) is 0 Å². The van der Waals surface area contributed by atoms with Crippen LogP contribution in [-0.4, -0.2) is 11.5 Å². The largest absolute Gasteiger partial charge is 0.383 e. The molecule has 0 heterocycles. The highest BCUT2D eigenvalue weighted by molar-refractivity contribution is 7.09. The van der Waals surface area contributed by atoms with Crippen LogP contribution in [0.15, 0.2) is 29.5 Å². The third kappa shape index (κ3) is 1.78. The number of nitrogens with zero attached hydrogens (tertiary/aromatic N) is 1. The highest BCUT2D eigenvalue weighted by atomic mass is 31.0. The fraction of sp³-hybridized carbons (Fsp3) is 0. The summed E-state index contributed by atoms with van der Waals surface area (Å²) in [6.07, 6.45) is 6.05. The van der Waals surface area contributed by atoms with E-state index in [1.165, 1.54) is 12.2 Å². The average molecular weight is 155 g/mol. The van der Waals surface area contributed by atoms with E-state index in [9.17, 15) is 4.79 Å². The monoisotopic (exact) mass is 155 g/mol. The van der Waals surface area contributed by atoms with E-state index in [0.717, 1.165) is 0 Å². The second kappa shape index (κ2) is 3.28. The van der Waals surface area contributed by atoms with Crippen LogP contribution in [0.5, 0.6) is 0 Å². The molecule has 4 heteroatoms. The number of rotatable bonds is 1. The molecule has 3 nitrogen and oxygen atoms in total. The van der Waals surface area contributed by atoms with Gasteiger partial charge in [-0.15, -0.1) is 0 Å². The van der Waals surface area contributed by atoms with Gasteiger partial charge < -0.3 is 4.62 Å². The van der Waals surface area contributed by atoms with Gasteiger partial charge in [-0.25, -0.2) is 0 Å². The smallest absolute Gasteiger partial charge is 0.178 e. The Morgan fingerprint density at radius 2 is 1.90 bits per heavy atom. The molecule has 0 radical (unpaired) electrons. The van der Waals surface area contributed by atoms with E-state index < -0.39 is 0 Å². The molecule has 1 aliphatic carbocycles. The van der Waals surface area contributed by atoms with E-state index >= 15 is 0 Å². The fourth-order valence-corrected chi connectivity index (χ4v) is 0.690. The topological polar surface area (TPSA) is 38.7 Å². The summed E-state index contributed by atoms with van der Waals surface area (Å²) < 4.78 is 4.41. The highest BCUT2D eigenvalue weighted by Crippen LogP contribution is 1.97. The van der Waals surface area contributed by atoms with Gasteiger partial charge in [-0.1, -0.05) is 5.16 Å². The van der Waals surface area contributed by atoms with Gasteiger partial charge in [-0.3, -0.25) is 4.79 Å². The Balaban J connectivity index is 2.71. The molecule has 0 aromatic carbocycles. The van der Waals surface area contributed by atoms with E-state index in [-0.39, 0.29) is 5.78 Å². The molecule has 0 fully saturated rings. The van der Waals surface area contributed by atoms with E-state index in [1.807, 2.05) is 9.47 Å². The summed E-state index contributed by atoms with van der Waals surface area (Å²) in [5.74, 6) is -0.0253. The molecule has 1 rings (SSSR count). The molecule has 0 aromatic heterocycles. The van der Waals surface area contributed by atoms with Crippen LogP contribution in [0.1, 0.15) is 0 Å². The Morgan fingerprint density at radius 1 is 1.30 bits per heavy atom. The predicted octanol–water partition coefficient (Wildman–Crippen LogP) is 0.844. The lowest BCUT2D eigenvalue weighted by Gasteiger charge is -1.95. The first-order valence-electron chi connectivity index (χ1n) is 2.67. The summed E-state index contributed by atoms with van der Waals surface area (Å²) in [7, 11) is 2.00. The summed E-state index contributed by atoms with van der Waals surface area (Å²) in [4.78, 5) is 10.5. The normalized spacial score (nSPS) is 15.7. The van der Waals surface area contributed by atoms with Crippen molar-refractivity contribution in [3.8, 4) is 0 Å². The molecule has 0 spiro atoms. The average Bonchev–Trinajstić information content (AvgIpc) is 1.95. The molecular formula is C6H6NO2P. The first kappa shape index (κ1) is 7.16. The summed E-state index contributed by atoms with van der Waals surface area (Å²) in [6, 6.07) is 0. The number of oxime groups is 1. The molecule has 1 atom stereocenters. The van der Waals surface area contributed by atoms with Crippen LogP contribution >= 0.6 is 9.47 Å². The van der Waals surface area contributed by atoms with Gasteiger partial charge in [0.1, 0.15) is 5.71 Å². The van der Waals surface area contributed by atoms with Crippen molar-refractivity contribution in [2.75, 3.05) is 0 Å². The molecule has 1 aliphatic rings. The molecule has 10 heavy (non-hydrogen) atoms. The lowest BCUT2D eigenvalue weighted by Crippen LogP contribution is -1.98. The lowest BCUT2D eigenvalue weighted by atomic mass is 10.2. The number of allylic oxidation sites excluding steroid dienone is 4. The molecule has 0 saturated heterocycles. The molecule has 1 unspecified atom stereocenters. The minimum Gasteiger partial charge on any atom is -0.383 e. The Hall–Kier alpha value is -0.950. The minimum atomic E-state index is -0.0253. The zero-order valence-electron chi connectivity index (χ0n) is 5.15. The first-order chi connectivity index (χ1) is 4.83. The van der Waals surface area contributed by atoms with Crippen molar-refractivity contribution in [3.63, 3.8) is 0 Å². The van der Waals surface area contributed by atoms with Crippen molar-refractivity contribution in [2.24, 2.45) is 5.16 Å². The van der Waals surface area contributed by atoms with E-state index in [1.54, 1.807) is 12.2 Å². The van der Waals surface area contributed by atoms with Crippen LogP contribution in [-0.2, 0) is 9.42 Å². The van der Waals surface area contributed by atoms with Crippen molar-refractivity contribution in [1.82, 2.24) is 0 Å². The highest BCUT2D eigenvalue weighted by Gasteiger charge is 1.98. The van der Waals surface area contributed by atoms with Crippen LogP contribution in [0.4, 0.5) is 0 Å². The van der Waals surface area contributed by atoms with Gasteiger partial charge in [0.15, 0.2) is 5.78 Å². The third-order valence-electron chi connectivity index (χ3n) is 0.995. The van der Waals surface area contributed by atoms with Crippen molar-refractivity contribution in [2.45, 2.75) is 0 Å². The quantitative estimate of drug-likeness (QED) is 0.320. The van der Waals surface area contributed by atoms with Crippen molar-refractivity contribution in [3.05, 3.63) is 24.3 Å². The summed E-state index contributed by atoms with van der Waals surface area (Å²) in [5.41, 5.74) is 0.634. The Morgan fingerprint density at radius 3 is 2.40 bits per heavy atom. The Kier molecular flexibility index (Phi) is 2.35. The van der Waals surface area contributed by atoms with Crippen LogP contribution in [0.3, 0.4) is 0 Å². The number of ketones is 1. The van der Waals surface area contributed by atoms with Crippen molar-refractivity contribution in [1.29, 1.82) is 0 Å². The van der Waals surface area contributed by atoms with E-state index in [0.29, 0.717) is 5.71 Å². The van der Waals surface area contributed by atoms with E-state index in [2.05, 4.69) is 9.78 Å². The molecule has 0 N–H and O–H groups in total. The molecule has 0 amide bonds. The molecule has 0 aromatic rings. The zero-order chi connectivity index (χ0) is 7.40. The lowest BCUT2D eigenvalue weighted by molar-refractivity contribution is -0.110. The maximum Gasteiger partial charge on any atom is 0.178 e. The summed E-state index contributed by atoms with van der Waals surface area (Å²) >= 11 is 0. The van der Waals surface area contributed by atoms with Gasteiger partial charge in [0.25, 0.3) is 0 Å². The summed E-state index contributed by atoms with van der Waals surface area (Å²) in [5, 5.41) is 3.57. The standard InChI is InChI=1S/C6H6NO2P/c8-6-3-1-5(2-4-6)7-9-10/h1-4H,10H2.